The van der Waals surface area contributed by atoms with E-state index in [0.29, 0.717) is 11.4 Å². The number of carbonyl (C=O) groups is 1. The number of nitrogens with zero attached hydrogens (tertiary/aromatic N) is 2. The first-order valence-electron chi connectivity index (χ1n) is 5.66. The number of nitro groups is 1. The molecule has 0 saturated heterocycles. The predicted octanol–water partition coefficient (Wildman–Crippen LogP) is 2.18. The number of rotatable bonds is 4. The Labute approximate surface area is 114 Å². The van der Waals surface area contributed by atoms with Gasteiger partial charge in [-0.15, -0.1) is 6.42 Å². The van der Waals surface area contributed by atoms with Crippen molar-refractivity contribution in [1.82, 2.24) is 4.57 Å². The van der Waals surface area contributed by atoms with Gasteiger partial charge in [-0.3, -0.25) is 10.1 Å². The number of non-ortho nitro benzene ring substituents is 1. The Morgan fingerprint density at radius 3 is 2.65 bits per heavy atom. The standard InChI is InChI=1S/C14H10N2O4/c1-2-10-20-14(17)13-4-3-9-15(13)11-5-7-12(8-6-11)16(18)19/h1,3-9H,10H2. The highest BCUT2D eigenvalue weighted by molar-refractivity contribution is 5.88. The average Bonchev–Trinajstić information content (AvgIpc) is 2.94. The molecule has 0 radical (unpaired) electrons. The zero-order valence-corrected chi connectivity index (χ0v) is 10.4. The Hall–Kier alpha value is -3.07. The Balaban J connectivity index is 2.30. The third-order valence-corrected chi connectivity index (χ3v) is 2.58. The second-order valence-corrected chi connectivity index (χ2v) is 3.82. The zero-order chi connectivity index (χ0) is 14.5. The SMILES string of the molecule is C#CCOC(=O)c1cccn1-c1ccc([N+](=O)[O-])cc1. The molecule has 0 atom stereocenters. The molecule has 6 nitrogen and oxygen atoms in total. The summed E-state index contributed by atoms with van der Waals surface area (Å²) in [6.45, 7) is -0.107. The van der Waals surface area contributed by atoms with Crippen LogP contribution in [0.1, 0.15) is 10.5 Å². The molecule has 0 aliphatic heterocycles. The number of hydrogen-bond acceptors (Lipinski definition) is 4. The highest BCUT2D eigenvalue weighted by atomic mass is 16.6. The third-order valence-electron chi connectivity index (χ3n) is 2.58. The quantitative estimate of drug-likeness (QED) is 0.369. The molecule has 1 aromatic carbocycles. The van der Waals surface area contributed by atoms with Crippen molar-refractivity contribution in [2.24, 2.45) is 0 Å². The number of benzene rings is 1. The fourth-order valence-corrected chi connectivity index (χ4v) is 1.69. The van der Waals surface area contributed by atoms with Crippen molar-refractivity contribution in [3.05, 3.63) is 58.4 Å². The molecule has 0 amide bonds. The van der Waals surface area contributed by atoms with E-state index in [4.69, 9.17) is 11.2 Å². The summed E-state index contributed by atoms with van der Waals surface area (Å²) in [5.74, 6) is 1.66. The van der Waals surface area contributed by atoms with Crippen molar-refractivity contribution in [2.75, 3.05) is 6.61 Å². The van der Waals surface area contributed by atoms with Crippen molar-refractivity contribution in [3.63, 3.8) is 0 Å². The van der Waals surface area contributed by atoms with Crippen LogP contribution in [0.2, 0.25) is 0 Å². The van der Waals surface area contributed by atoms with E-state index in [1.165, 1.54) is 12.1 Å². The van der Waals surface area contributed by atoms with Gasteiger partial charge in [0.15, 0.2) is 6.61 Å². The molecule has 0 N–H and O–H groups in total. The lowest BCUT2D eigenvalue weighted by Crippen LogP contribution is -2.10. The minimum atomic E-state index is -0.550. The monoisotopic (exact) mass is 270 g/mol. The van der Waals surface area contributed by atoms with Crippen LogP contribution in [0.4, 0.5) is 5.69 Å². The molecule has 6 heteroatoms. The molecule has 20 heavy (non-hydrogen) atoms. The maximum Gasteiger partial charge on any atom is 0.356 e. The predicted molar refractivity (Wildman–Crippen MR) is 71.5 cm³/mol. The van der Waals surface area contributed by atoms with Crippen LogP contribution in [0.5, 0.6) is 0 Å². The fraction of sp³-hybridized carbons (Fsp3) is 0.0714. The van der Waals surface area contributed by atoms with E-state index < -0.39 is 10.9 Å². The molecule has 0 fully saturated rings. The van der Waals surface area contributed by atoms with E-state index in [1.54, 1.807) is 35.0 Å². The van der Waals surface area contributed by atoms with Crippen LogP contribution in [0, 0.1) is 22.5 Å². The van der Waals surface area contributed by atoms with Gasteiger partial charge in [0.25, 0.3) is 5.69 Å². The summed E-state index contributed by atoms with van der Waals surface area (Å²) >= 11 is 0. The fourth-order valence-electron chi connectivity index (χ4n) is 1.69. The molecule has 0 aliphatic rings. The lowest BCUT2D eigenvalue weighted by atomic mass is 10.2. The topological polar surface area (TPSA) is 74.4 Å². The summed E-state index contributed by atoms with van der Waals surface area (Å²) in [6.07, 6.45) is 6.69. The summed E-state index contributed by atoms with van der Waals surface area (Å²) in [4.78, 5) is 21.9. The minimum absolute atomic E-state index is 0.0163. The second kappa shape index (κ2) is 5.71. The van der Waals surface area contributed by atoms with E-state index in [0.717, 1.165) is 0 Å². The molecule has 1 heterocycles. The van der Waals surface area contributed by atoms with Crippen molar-refractivity contribution >= 4 is 11.7 Å². The van der Waals surface area contributed by atoms with Gasteiger partial charge in [0.05, 0.1) is 4.92 Å². The number of carbonyl (C=O) groups excluding carboxylic acids is 1. The van der Waals surface area contributed by atoms with Crippen molar-refractivity contribution < 1.29 is 14.5 Å². The molecule has 2 rings (SSSR count). The Morgan fingerprint density at radius 1 is 1.35 bits per heavy atom. The van der Waals surface area contributed by atoms with Gasteiger partial charge in [-0.2, -0.15) is 0 Å². The maximum absolute atomic E-state index is 11.8. The molecule has 0 aliphatic carbocycles. The molecule has 0 bridgehead atoms. The third kappa shape index (κ3) is 2.67. The maximum atomic E-state index is 11.8. The van der Waals surface area contributed by atoms with Crippen LogP contribution in [0.15, 0.2) is 42.6 Å². The molecule has 2 aromatic rings. The Bertz CT molecular complexity index is 680. The van der Waals surface area contributed by atoms with Gasteiger partial charge in [0.1, 0.15) is 5.69 Å². The van der Waals surface area contributed by atoms with Gasteiger partial charge in [-0.25, -0.2) is 4.79 Å². The van der Waals surface area contributed by atoms with E-state index in [2.05, 4.69) is 5.92 Å². The average molecular weight is 270 g/mol. The van der Waals surface area contributed by atoms with E-state index in [9.17, 15) is 14.9 Å². The summed E-state index contributed by atoms with van der Waals surface area (Å²) in [7, 11) is 0. The van der Waals surface area contributed by atoms with Crippen LogP contribution in [0.3, 0.4) is 0 Å². The molecular formula is C14H10N2O4. The molecule has 0 saturated carbocycles. The second-order valence-electron chi connectivity index (χ2n) is 3.82. The van der Waals surface area contributed by atoms with Gasteiger partial charge >= 0.3 is 5.97 Å². The highest BCUT2D eigenvalue weighted by Gasteiger charge is 2.14. The van der Waals surface area contributed by atoms with Crippen LogP contribution in [-0.2, 0) is 4.74 Å². The van der Waals surface area contributed by atoms with Crippen LogP contribution in [0.25, 0.3) is 5.69 Å². The van der Waals surface area contributed by atoms with E-state index in [-0.39, 0.29) is 12.3 Å². The number of terminal acetylenes is 1. The van der Waals surface area contributed by atoms with Gasteiger partial charge in [0, 0.05) is 24.0 Å². The summed E-state index contributed by atoms with van der Waals surface area (Å²) < 4.78 is 6.43. The molecule has 0 unspecified atom stereocenters. The number of aromatic nitrogens is 1. The number of hydrogen-bond donors (Lipinski definition) is 0. The lowest BCUT2D eigenvalue weighted by molar-refractivity contribution is -0.384. The Kier molecular flexibility index (Phi) is 3.82. The van der Waals surface area contributed by atoms with Gasteiger partial charge in [-0.1, -0.05) is 5.92 Å². The van der Waals surface area contributed by atoms with Crippen molar-refractivity contribution in [2.45, 2.75) is 0 Å². The molecule has 1 aromatic heterocycles. The highest BCUT2D eigenvalue weighted by Crippen LogP contribution is 2.18. The number of esters is 1. The summed E-state index contributed by atoms with van der Waals surface area (Å²) in [5, 5.41) is 10.6. The summed E-state index contributed by atoms with van der Waals surface area (Å²) in [6, 6.07) is 9.10. The van der Waals surface area contributed by atoms with Gasteiger partial charge < -0.3 is 9.30 Å². The zero-order valence-electron chi connectivity index (χ0n) is 10.4. The molecule has 100 valence electrons. The molecular weight excluding hydrogens is 260 g/mol. The van der Waals surface area contributed by atoms with Crippen molar-refractivity contribution in [3.8, 4) is 18.0 Å². The van der Waals surface area contributed by atoms with E-state index in [1.807, 2.05) is 0 Å². The van der Waals surface area contributed by atoms with Crippen LogP contribution < -0.4 is 0 Å². The molecule has 0 spiro atoms. The first kappa shape index (κ1) is 13.4. The summed E-state index contributed by atoms with van der Waals surface area (Å²) in [5.41, 5.74) is 0.903. The van der Waals surface area contributed by atoms with Crippen molar-refractivity contribution in [1.29, 1.82) is 0 Å². The largest absolute Gasteiger partial charge is 0.448 e. The smallest absolute Gasteiger partial charge is 0.356 e. The number of nitro benzene ring substituents is 1. The van der Waals surface area contributed by atoms with Gasteiger partial charge in [0.2, 0.25) is 0 Å². The first-order chi connectivity index (χ1) is 9.63. The number of ether oxygens (including phenoxy) is 1. The van der Waals surface area contributed by atoms with Gasteiger partial charge in [-0.05, 0) is 24.3 Å². The Morgan fingerprint density at radius 2 is 2.05 bits per heavy atom. The lowest BCUT2D eigenvalue weighted by Gasteiger charge is -2.08. The minimum Gasteiger partial charge on any atom is -0.448 e. The van der Waals surface area contributed by atoms with Crippen LogP contribution >= 0.6 is 0 Å². The first-order valence-corrected chi connectivity index (χ1v) is 5.66. The van der Waals surface area contributed by atoms with E-state index >= 15 is 0 Å². The van der Waals surface area contributed by atoms with Crippen LogP contribution in [-0.4, -0.2) is 22.1 Å². The normalized spacial score (nSPS) is 9.75.